The van der Waals surface area contributed by atoms with E-state index in [-0.39, 0.29) is 17.6 Å². The quantitative estimate of drug-likeness (QED) is 0.719. The number of ether oxygens (including phenoxy) is 1. The van der Waals surface area contributed by atoms with Crippen molar-refractivity contribution in [1.82, 2.24) is 9.78 Å². The van der Waals surface area contributed by atoms with Crippen LogP contribution >= 0.6 is 0 Å². The molecule has 0 aliphatic rings. The Labute approximate surface area is 116 Å². The van der Waals surface area contributed by atoms with Crippen LogP contribution in [0.5, 0.6) is 5.75 Å². The molecule has 1 aromatic carbocycles. The molecule has 0 radical (unpaired) electrons. The molecule has 0 unspecified atom stereocenters. The number of aryl methyl sites for hydroxylation is 1. The van der Waals surface area contributed by atoms with Crippen LogP contribution in [0.4, 0.5) is 0 Å². The summed E-state index contributed by atoms with van der Waals surface area (Å²) >= 11 is 0. The van der Waals surface area contributed by atoms with Crippen molar-refractivity contribution in [1.29, 1.82) is 0 Å². The van der Waals surface area contributed by atoms with Crippen LogP contribution in [0.3, 0.4) is 0 Å². The van der Waals surface area contributed by atoms with Gasteiger partial charge in [0, 0.05) is 11.5 Å². The van der Waals surface area contributed by atoms with E-state index >= 15 is 0 Å². The van der Waals surface area contributed by atoms with Crippen molar-refractivity contribution in [3.05, 3.63) is 51.9 Å². The molecule has 0 spiro atoms. The fourth-order valence-corrected chi connectivity index (χ4v) is 1.90. The Morgan fingerprint density at radius 3 is 2.70 bits per heavy atom. The van der Waals surface area contributed by atoms with Crippen molar-refractivity contribution in [2.75, 3.05) is 7.11 Å². The summed E-state index contributed by atoms with van der Waals surface area (Å²) in [5.41, 5.74) is 1.58. The minimum absolute atomic E-state index is 0.202. The molecule has 2 aromatic rings. The van der Waals surface area contributed by atoms with Crippen LogP contribution in [-0.4, -0.2) is 34.1 Å². The molecule has 0 fully saturated rings. The van der Waals surface area contributed by atoms with E-state index in [9.17, 15) is 14.8 Å². The van der Waals surface area contributed by atoms with Gasteiger partial charge in [0.05, 0.1) is 19.9 Å². The number of nitrogens with zero attached hydrogens (tertiary/aromatic N) is 2. The second-order valence-corrected chi connectivity index (χ2v) is 4.48. The maximum absolute atomic E-state index is 11.8. The highest BCUT2D eigenvalue weighted by atomic mass is 16.5. The summed E-state index contributed by atoms with van der Waals surface area (Å²) in [6, 6.07) is 6.46. The normalized spacial score (nSPS) is 10.4. The molecular weight excluding hydrogens is 259 g/mol. The summed E-state index contributed by atoms with van der Waals surface area (Å²) in [4.78, 5) is 11.8. The summed E-state index contributed by atoms with van der Waals surface area (Å²) in [7, 11) is -0.181. The van der Waals surface area contributed by atoms with Gasteiger partial charge in [-0.05, 0) is 24.1 Å². The van der Waals surface area contributed by atoms with Gasteiger partial charge in [-0.2, -0.15) is 5.10 Å². The molecule has 0 aliphatic carbocycles. The molecule has 0 saturated carbocycles. The molecule has 6 nitrogen and oxygen atoms in total. The molecule has 0 atom stereocenters. The van der Waals surface area contributed by atoms with Gasteiger partial charge in [0.15, 0.2) is 0 Å². The molecule has 20 heavy (non-hydrogen) atoms. The minimum atomic E-state index is -1.63. The molecule has 1 heterocycles. The zero-order valence-electron chi connectivity index (χ0n) is 11.3. The summed E-state index contributed by atoms with van der Waals surface area (Å²) < 4.78 is 6.36. The number of hydrogen-bond acceptors (Lipinski definition) is 5. The lowest BCUT2D eigenvalue weighted by Crippen LogP contribution is -2.32. The van der Waals surface area contributed by atoms with E-state index < -0.39 is 7.12 Å². The van der Waals surface area contributed by atoms with Crippen LogP contribution in [0.1, 0.15) is 11.1 Å². The van der Waals surface area contributed by atoms with Crippen molar-refractivity contribution >= 4 is 12.6 Å². The highest BCUT2D eigenvalue weighted by molar-refractivity contribution is 6.59. The predicted octanol–water partition coefficient (Wildman–Crippen LogP) is -0.712. The first kappa shape index (κ1) is 14.3. The molecule has 2 N–H and O–H groups in total. The number of methoxy groups -OCH3 is 1. The molecule has 104 valence electrons. The molecule has 0 bridgehead atoms. The molecule has 0 aliphatic heterocycles. The van der Waals surface area contributed by atoms with Crippen molar-refractivity contribution < 1.29 is 14.8 Å². The second kappa shape index (κ2) is 5.89. The standard InChI is InChI=1S/C13H15BN2O4/c1-9-5-13(17)16(15-7-9)8-10-3-4-12(20-2)11(6-10)14(18)19/h3-7,18-19H,8H2,1-2H3. The highest BCUT2D eigenvalue weighted by Gasteiger charge is 2.17. The summed E-state index contributed by atoms with van der Waals surface area (Å²) in [5, 5.41) is 22.7. The molecule has 0 amide bonds. The molecular formula is C13H15BN2O4. The van der Waals surface area contributed by atoms with E-state index in [0.717, 1.165) is 11.1 Å². The smallest absolute Gasteiger partial charge is 0.492 e. The van der Waals surface area contributed by atoms with Crippen molar-refractivity contribution in [3.63, 3.8) is 0 Å². The van der Waals surface area contributed by atoms with Crippen molar-refractivity contribution in [2.45, 2.75) is 13.5 Å². The van der Waals surface area contributed by atoms with Gasteiger partial charge in [0.2, 0.25) is 0 Å². The Kier molecular flexibility index (Phi) is 4.21. The maximum Gasteiger partial charge on any atom is 0.492 e. The lowest BCUT2D eigenvalue weighted by Gasteiger charge is -2.10. The average Bonchev–Trinajstić information content (AvgIpc) is 2.41. The van der Waals surface area contributed by atoms with Gasteiger partial charge in [-0.15, -0.1) is 0 Å². The van der Waals surface area contributed by atoms with Gasteiger partial charge in [0.1, 0.15) is 5.75 Å². The predicted molar refractivity (Wildman–Crippen MR) is 75.2 cm³/mol. The number of aromatic nitrogens is 2. The van der Waals surface area contributed by atoms with Gasteiger partial charge in [-0.3, -0.25) is 4.79 Å². The number of benzene rings is 1. The Morgan fingerprint density at radius 2 is 2.10 bits per heavy atom. The monoisotopic (exact) mass is 274 g/mol. The summed E-state index contributed by atoms with van der Waals surface area (Å²) in [5.74, 6) is 0.382. The Bertz CT molecular complexity index is 670. The van der Waals surface area contributed by atoms with E-state index in [1.165, 1.54) is 17.9 Å². The van der Waals surface area contributed by atoms with Crippen LogP contribution in [0.2, 0.25) is 0 Å². The second-order valence-electron chi connectivity index (χ2n) is 4.48. The SMILES string of the molecule is COc1ccc(Cn2ncc(C)cc2=O)cc1B(O)O. The first-order valence-corrected chi connectivity index (χ1v) is 6.08. The van der Waals surface area contributed by atoms with Crippen LogP contribution in [-0.2, 0) is 6.54 Å². The van der Waals surface area contributed by atoms with Gasteiger partial charge >= 0.3 is 7.12 Å². The maximum atomic E-state index is 11.8. The molecule has 1 aromatic heterocycles. The van der Waals surface area contributed by atoms with Gasteiger partial charge in [-0.1, -0.05) is 12.1 Å². The number of hydrogen-bond donors (Lipinski definition) is 2. The summed E-state index contributed by atoms with van der Waals surface area (Å²) in [6.45, 7) is 2.05. The minimum Gasteiger partial charge on any atom is -0.497 e. The van der Waals surface area contributed by atoms with E-state index in [1.54, 1.807) is 31.3 Å². The fourth-order valence-electron chi connectivity index (χ4n) is 1.90. The van der Waals surface area contributed by atoms with Crippen LogP contribution in [0, 0.1) is 6.92 Å². The largest absolute Gasteiger partial charge is 0.497 e. The average molecular weight is 274 g/mol. The van der Waals surface area contributed by atoms with Gasteiger partial charge in [-0.25, -0.2) is 4.68 Å². The van der Waals surface area contributed by atoms with E-state index in [4.69, 9.17) is 4.74 Å². The summed E-state index contributed by atoms with van der Waals surface area (Å²) in [6.07, 6.45) is 1.60. The zero-order chi connectivity index (χ0) is 14.7. The molecule has 0 saturated heterocycles. The van der Waals surface area contributed by atoms with Gasteiger partial charge in [0.25, 0.3) is 5.56 Å². The number of rotatable bonds is 4. The Hall–Kier alpha value is -2.12. The van der Waals surface area contributed by atoms with Crippen molar-refractivity contribution in [3.8, 4) is 5.75 Å². The topological polar surface area (TPSA) is 84.6 Å². The van der Waals surface area contributed by atoms with Crippen LogP contribution in [0.25, 0.3) is 0 Å². The Morgan fingerprint density at radius 1 is 1.35 bits per heavy atom. The lowest BCUT2D eigenvalue weighted by atomic mass is 9.78. The third-order valence-corrected chi connectivity index (χ3v) is 2.91. The fraction of sp³-hybridized carbons (Fsp3) is 0.231. The first-order valence-electron chi connectivity index (χ1n) is 6.08. The lowest BCUT2D eigenvalue weighted by molar-refractivity contribution is 0.403. The van der Waals surface area contributed by atoms with Crippen LogP contribution in [0.15, 0.2) is 35.3 Å². The van der Waals surface area contributed by atoms with Crippen molar-refractivity contribution in [2.24, 2.45) is 0 Å². The third-order valence-electron chi connectivity index (χ3n) is 2.91. The molecule has 2 rings (SSSR count). The first-order chi connectivity index (χ1) is 9.51. The van der Waals surface area contributed by atoms with E-state index in [0.29, 0.717) is 5.75 Å². The van der Waals surface area contributed by atoms with E-state index in [2.05, 4.69) is 5.10 Å². The zero-order valence-corrected chi connectivity index (χ0v) is 11.3. The van der Waals surface area contributed by atoms with Crippen LogP contribution < -0.4 is 15.8 Å². The molecule has 7 heteroatoms. The van der Waals surface area contributed by atoms with E-state index in [1.807, 2.05) is 0 Å². The Balaban J connectivity index is 2.34. The third kappa shape index (κ3) is 3.07. The highest BCUT2D eigenvalue weighted by Crippen LogP contribution is 2.10. The van der Waals surface area contributed by atoms with Gasteiger partial charge < -0.3 is 14.8 Å².